The average molecular weight is 469 g/mol. The molecule has 0 radical (unpaired) electrons. The summed E-state index contributed by atoms with van der Waals surface area (Å²) in [5.41, 5.74) is 1.26. The number of methoxy groups -OCH3 is 1. The maximum atomic E-state index is 12.5. The van der Waals surface area contributed by atoms with E-state index in [0.717, 1.165) is 12.0 Å². The molecule has 2 rings (SSSR count). The summed E-state index contributed by atoms with van der Waals surface area (Å²) in [6.07, 6.45) is 0.861. The molecule has 2 aromatic carbocycles. The van der Waals surface area contributed by atoms with E-state index in [0.29, 0.717) is 29.6 Å². The van der Waals surface area contributed by atoms with Crippen molar-refractivity contribution in [2.75, 3.05) is 26.8 Å². The Bertz CT molecular complexity index is 992. The molecule has 0 spiro atoms. The number of hydrogen-bond acceptors (Lipinski definition) is 5. The summed E-state index contributed by atoms with van der Waals surface area (Å²) in [4.78, 5) is 12.6. The molecule has 7 nitrogen and oxygen atoms in total. The zero-order chi connectivity index (χ0) is 23.0. The van der Waals surface area contributed by atoms with E-state index in [-0.39, 0.29) is 23.0 Å². The fourth-order valence-corrected chi connectivity index (χ4v) is 3.95. The van der Waals surface area contributed by atoms with Crippen molar-refractivity contribution in [3.63, 3.8) is 0 Å². The topological polar surface area (TPSA) is 93.7 Å². The van der Waals surface area contributed by atoms with Crippen molar-refractivity contribution in [2.45, 2.75) is 32.1 Å². The molecule has 0 atom stereocenters. The first-order valence-corrected chi connectivity index (χ1v) is 11.8. The van der Waals surface area contributed by atoms with Gasteiger partial charge in [0.05, 0.1) is 23.6 Å². The van der Waals surface area contributed by atoms with Crippen LogP contribution < -0.4 is 19.5 Å². The van der Waals surface area contributed by atoms with Crippen molar-refractivity contribution in [1.82, 2.24) is 10.0 Å². The van der Waals surface area contributed by atoms with Crippen LogP contribution in [0.1, 0.15) is 36.2 Å². The van der Waals surface area contributed by atoms with Crippen LogP contribution in [0, 0.1) is 12.8 Å². The first-order valence-electron chi connectivity index (χ1n) is 9.99. The summed E-state index contributed by atoms with van der Waals surface area (Å²) in [7, 11) is -2.16. The molecule has 0 heterocycles. The summed E-state index contributed by atoms with van der Waals surface area (Å²) in [5.74, 6) is 0.843. The third kappa shape index (κ3) is 7.41. The molecule has 0 saturated heterocycles. The summed E-state index contributed by atoms with van der Waals surface area (Å²) in [5, 5.41) is 2.94. The molecule has 0 saturated carbocycles. The molecule has 0 aromatic heterocycles. The fourth-order valence-electron chi connectivity index (χ4n) is 2.65. The van der Waals surface area contributed by atoms with Gasteiger partial charge in [0.1, 0.15) is 0 Å². The number of amides is 1. The molecule has 0 aliphatic heterocycles. The van der Waals surface area contributed by atoms with Crippen molar-refractivity contribution in [2.24, 2.45) is 5.92 Å². The number of nitrogens with one attached hydrogen (secondary N) is 2. The highest BCUT2D eigenvalue weighted by Gasteiger charge is 2.17. The summed E-state index contributed by atoms with van der Waals surface area (Å²) >= 11 is 6.30. The molecule has 2 aromatic rings. The molecule has 31 heavy (non-hydrogen) atoms. The van der Waals surface area contributed by atoms with Crippen LogP contribution in [-0.4, -0.2) is 41.1 Å². The van der Waals surface area contributed by atoms with Crippen molar-refractivity contribution in [3.8, 4) is 11.5 Å². The summed E-state index contributed by atoms with van der Waals surface area (Å²) in [6.45, 7) is 6.71. The van der Waals surface area contributed by atoms with Crippen LogP contribution in [0.4, 0.5) is 0 Å². The van der Waals surface area contributed by atoms with Crippen LogP contribution >= 0.6 is 11.6 Å². The standard InChI is InChI=1S/C22H29ClN2O5S/c1-15(2)9-12-30-21-19(23)13-17(14-20(21)29-4)22(26)24-10-11-25-31(27,28)18-7-5-16(3)6-8-18/h5-8,13-15,25H,9-12H2,1-4H3,(H,24,26). The third-order valence-corrected chi connectivity index (χ3v) is 6.22. The number of ether oxygens (including phenoxy) is 2. The van der Waals surface area contributed by atoms with Gasteiger partial charge in [0, 0.05) is 18.7 Å². The van der Waals surface area contributed by atoms with Gasteiger partial charge in [-0.05, 0) is 43.5 Å². The minimum absolute atomic E-state index is 0.0449. The van der Waals surface area contributed by atoms with Gasteiger partial charge in [-0.25, -0.2) is 13.1 Å². The number of carbonyl (C=O) groups is 1. The van der Waals surface area contributed by atoms with Gasteiger partial charge in [0.25, 0.3) is 5.91 Å². The average Bonchev–Trinajstić information content (AvgIpc) is 2.72. The highest BCUT2D eigenvalue weighted by Crippen LogP contribution is 2.36. The van der Waals surface area contributed by atoms with Crippen LogP contribution in [0.25, 0.3) is 0 Å². The van der Waals surface area contributed by atoms with Gasteiger partial charge in [0.2, 0.25) is 10.0 Å². The predicted molar refractivity (Wildman–Crippen MR) is 122 cm³/mol. The van der Waals surface area contributed by atoms with Gasteiger partial charge < -0.3 is 14.8 Å². The van der Waals surface area contributed by atoms with Crippen LogP contribution in [0.5, 0.6) is 11.5 Å². The van der Waals surface area contributed by atoms with Crippen molar-refractivity contribution in [3.05, 3.63) is 52.5 Å². The molecule has 0 unspecified atom stereocenters. The molecular weight excluding hydrogens is 440 g/mol. The first-order chi connectivity index (χ1) is 14.6. The van der Waals surface area contributed by atoms with Gasteiger partial charge in [0.15, 0.2) is 11.5 Å². The predicted octanol–water partition coefficient (Wildman–Crippen LogP) is 3.79. The number of halogens is 1. The molecule has 0 aliphatic rings. The number of aryl methyl sites for hydroxylation is 1. The van der Waals surface area contributed by atoms with Gasteiger partial charge in [-0.1, -0.05) is 43.1 Å². The Hall–Kier alpha value is -2.29. The molecule has 9 heteroatoms. The fraction of sp³-hybridized carbons (Fsp3) is 0.409. The SMILES string of the molecule is COc1cc(C(=O)NCCNS(=O)(=O)c2ccc(C)cc2)cc(Cl)c1OCCC(C)C. The van der Waals surface area contributed by atoms with E-state index in [1.54, 1.807) is 18.2 Å². The second kappa shape index (κ2) is 11.4. The highest BCUT2D eigenvalue weighted by molar-refractivity contribution is 7.89. The molecule has 0 bridgehead atoms. The number of hydrogen-bond donors (Lipinski definition) is 2. The maximum absolute atomic E-state index is 12.5. The van der Waals surface area contributed by atoms with Crippen molar-refractivity contribution < 1.29 is 22.7 Å². The Morgan fingerprint density at radius 1 is 1.13 bits per heavy atom. The lowest BCUT2D eigenvalue weighted by Crippen LogP contribution is -2.34. The van der Waals surface area contributed by atoms with Crippen molar-refractivity contribution in [1.29, 1.82) is 0 Å². The van der Waals surface area contributed by atoms with Gasteiger partial charge in [-0.2, -0.15) is 0 Å². The zero-order valence-corrected chi connectivity index (χ0v) is 19.8. The van der Waals surface area contributed by atoms with Gasteiger partial charge >= 0.3 is 0 Å². The Balaban J connectivity index is 1.94. The second-order valence-electron chi connectivity index (χ2n) is 7.49. The van der Waals surface area contributed by atoms with Crippen LogP contribution in [-0.2, 0) is 10.0 Å². The van der Waals surface area contributed by atoms with E-state index in [4.69, 9.17) is 21.1 Å². The van der Waals surface area contributed by atoms with E-state index < -0.39 is 15.9 Å². The lowest BCUT2D eigenvalue weighted by Gasteiger charge is -2.15. The van der Waals surface area contributed by atoms with Crippen LogP contribution in [0.2, 0.25) is 5.02 Å². The van der Waals surface area contributed by atoms with Gasteiger partial charge in [-0.3, -0.25) is 4.79 Å². The monoisotopic (exact) mass is 468 g/mol. The zero-order valence-electron chi connectivity index (χ0n) is 18.2. The summed E-state index contributed by atoms with van der Waals surface area (Å²) < 4.78 is 38.1. The number of rotatable bonds is 11. The quantitative estimate of drug-likeness (QED) is 0.489. The van der Waals surface area contributed by atoms with Crippen LogP contribution in [0.15, 0.2) is 41.3 Å². The maximum Gasteiger partial charge on any atom is 0.251 e. The Labute approximate surface area is 189 Å². The van der Waals surface area contributed by atoms with E-state index in [1.807, 2.05) is 6.92 Å². The lowest BCUT2D eigenvalue weighted by atomic mass is 10.1. The van der Waals surface area contributed by atoms with E-state index in [1.165, 1.54) is 25.3 Å². The van der Waals surface area contributed by atoms with E-state index >= 15 is 0 Å². The first kappa shape index (κ1) is 25.0. The number of benzene rings is 2. The second-order valence-corrected chi connectivity index (χ2v) is 9.66. The summed E-state index contributed by atoms with van der Waals surface area (Å²) in [6, 6.07) is 9.57. The largest absolute Gasteiger partial charge is 0.493 e. The smallest absolute Gasteiger partial charge is 0.251 e. The molecule has 0 fully saturated rings. The highest BCUT2D eigenvalue weighted by atomic mass is 35.5. The normalized spacial score (nSPS) is 11.4. The Morgan fingerprint density at radius 3 is 2.42 bits per heavy atom. The minimum Gasteiger partial charge on any atom is -0.493 e. The van der Waals surface area contributed by atoms with E-state index in [9.17, 15) is 13.2 Å². The molecule has 1 amide bonds. The number of sulfonamides is 1. The minimum atomic E-state index is -3.64. The lowest BCUT2D eigenvalue weighted by molar-refractivity contribution is 0.0954. The molecule has 0 aliphatic carbocycles. The molecule has 2 N–H and O–H groups in total. The van der Waals surface area contributed by atoms with Crippen LogP contribution in [0.3, 0.4) is 0 Å². The molecular formula is C22H29ClN2O5S. The number of carbonyl (C=O) groups excluding carboxylic acids is 1. The van der Waals surface area contributed by atoms with Gasteiger partial charge in [-0.15, -0.1) is 0 Å². The Morgan fingerprint density at radius 2 is 1.81 bits per heavy atom. The van der Waals surface area contributed by atoms with Crippen molar-refractivity contribution >= 4 is 27.5 Å². The molecule has 170 valence electrons. The third-order valence-electron chi connectivity index (χ3n) is 4.47. The van der Waals surface area contributed by atoms with E-state index in [2.05, 4.69) is 23.9 Å². The Kier molecular flexibility index (Phi) is 9.15.